The predicted molar refractivity (Wildman–Crippen MR) is 75.7 cm³/mol. The molecule has 0 aliphatic carbocycles. The highest BCUT2D eigenvalue weighted by Gasteiger charge is 2.18. The maximum Gasteiger partial charge on any atom is 0.346 e. The van der Waals surface area contributed by atoms with Gasteiger partial charge in [0.2, 0.25) is 0 Å². The Bertz CT molecular complexity index is 597. The molecule has 0 unspecified atom stereocenters. The van der Waals surface area contributed by atoms with Crippen LogP contribution < -0.4 is 0 Å². The molecule has 1 aromatic heterocycles. The molecule has 3 heteroatoms. The molecule has 0 aliphatic rings. The lowest BCUT2D eigenvalue weighted by Crippen LogP contribution is -1.99. The van der Waals surface area contributed by atoms with E-state index < -0.39 is 5.97 Å². The minimum absolute atomic E-state index is 0.422. The Morgan fingerprint density at radius 1 is 1.11 bits per heavy atom. The molecule has 0 aliphatic heterocycles. The third-order valence-electron chi connectivity index (χ3n) is 3.49. The van der Waals surface area contributed by atoms with Gasteiger partial charge < -0.3 is 5.11 Å². The molecule has 0 saturated carbocycles. The summed E-state index contributed by atoms with van der Waals surface area (Å²) in [4.78, 5) is 11.7. The molecular weight excluding hydrogens is 244 g/mol. The predicted octanol–water partition coefficient (Wildman–Crippen LogP) is 4.35. The standard InChI is InChI=1S/C15H16O2S/c1-8-7-9(2)11(4)13(10(8)3)12-5-6-18-14(12)15(16)17/h5-7H,1-4H3,(H,16,17). The van der Waals surface area contributed by atoms with Gasteiger partial charge in [0.15, 0.2) is 0 Å². The van der Waals surface area contributed by atoms with E-state index in [1.54, 1.807) is 0 Å². The number of benzene rings is 1. The zero-order valence-electron chi connectivity index (χ0n) is 11.0. The summed E-state index contributed by atoms with van der Waals surface area (Å²) in [5, 5.41) is 11.1. The number of aromatic carboxylic acids is 1. The zero-order valence-corrected chi connectivity index (χ0v) is 11.8. The number of aryl methyl sites for hydroxylation is 2. The number of rotatable bonds is 2. The van der Waals surface area contributed by atoms with Crippen molar-refractivity contribution in [3.05, 3.63) is 44.6 Å². The lowest BCUT2D eigenvalue weighted by Gasteiger charge is -2.15. The molecule has 0 fully saturated rings. The molecule has 94 valence electrons. The van der Waals surface area contributed by atoms with Crippen LogP contribution in [0.15, 0.2) is 17.5 Å². The van der Waals surface area contributed by atoms with Gasteiger partial charge in [-0.1, -0.05) is 6.07 Å². The average Bonchev–Trinajstić information content (AvgIpc) is 2.76. The van der Waals surface area contributed by atoms with Crippen molar-refractivity contribution in [3.63, 3.8) is 0 Å². The second-order valence-electron chi connectivity index (χ2n) is 4.60. The van der Waals surface area contributed by atoms with Crippen LogP contribution in [0.3, 0.4) is 0 Å². The quantitative estimate of drug-likeness (QED) is 0.871. The second kappa shape index (κ2) is 4.58. The Kier molecular flexibility index (Phi) is 3.26. The SMILES string of the molecule is Cc1cc(C)c(C)c(-c2ccsc2C(=O)O)c1C. The van der Waals surface area contributed by atoms with E-state index in [2.05, 4.69) is 33.8 Å². The van der Waals surface area contributed by atoms with Crippen LogP contribution in [0.2, 0.25) is 0 Å². The summed E-state index contributed by atoms with van der Waals surface area (Å²) >= 11 is 1.28. The van der Waals surface area contributed by atoms with Crippen LogP contribution in [0.4, 0.5) is 0 Å². The third kappa shape index (κ3) is 1.95. The summed E-state index contributed by atoms with van der Waals surface area (Å²) < 4.78 is 0. The molecule has 18 heavy (non-hydrogen) atoms. The highest BCUT2D eigenvalue weighted by atomic mass is 32.1. The summed E-state index contributed by atoms with van der Waals surface area (Å²) in [7, 11) is 0. The van der Waals surface area contributed by atoms with Crippen molar-refractivity contribution in [3.8, 4) is 11.1 Å². The lowest BCUT2D eigenvalue weighted by molar-refractivity contribution is 0.0703. The summed E-state index contributed by atoms with van der Waals surface area (Å²) in [6, 6.07) is 4.06. The van der Waals surface area contributed by atoms with Gasteiger partial charge in [0, 0.05) is 5.56 Å². The fraction of sp³-hybridized carbons (Fsp3) is 0.267. The number of hydrogen-bond donors (Lipinski definition) is 1. The zero-order chi connectivity index (χ0) is 13.4. The van der Waals surface area contributed by atoms with Crippen molar-refractivity contribution < 1.29 is 9.90 Å². The molecule has 1 aromatic carbocycles. The van der Waals surface area contributed by atoms with E-state index in [1.807, 2.05) is 11.4 Å². The van der Waals surface area contributed by atoms with E-state index in [9.17, 15) is 9.90 Å². The van der Waals surface area contributed by atoms with Crippen LogP contribution in [0.25, 0.3) is 11.1 Å². The van der Waals surface area contributed by atoms with Crippen molar-refractivity contribution in [2.24, 2.45) is 0 Å². The number of hydrogen-bond acceptors (Lipinski definition) is 2. The average molecular weight is 260 g/mol. The van der Waals surface area contributed by atoms with Crippen molar-refractivity contribution in [2.45, 2.75) is 27.7 Å². The molecule has 0 atom stereocenters. The molecule has 1 N–H and O–H groups in total. The normalized spacial score (nSPS) is 10.7. The van der Waals surface area contributed by atoms with Crippen LogP contribution in [-0.4, -0.2) is 11.1 Å². The summed E-state index contributed by atoms with van der Waals surface area (Å²) in [6.45, 7) is 8.25. The number of thiophene rings is 1. The first-order chi connectivity index (χ1) is 8.43. The van der Waals surface area contributed by atoms with Crippen molar-refractivity contribution in [1.29, 1.82) is 0 Å². The van der Waals surface area contributed by atoms with Gasteiger partial charge in [0.25, 0.3) is 0 Å². The van der Waals surface area contributed by atoms with Crippen molar-refractivity contribution >= 4 is 17.3 Å². The largest absolute Gasteiger partial charge is 0.477 e. The van der Waals surface area contributed by atoms with Crippen LogP contribution in [0, 0.1) is 27.7 Å². The number of carboxylic acid groups (broad SMARTS) is 1. The second-order valence-corrected chi connectivity index (χ2v) is 5.52. The smallest absolute Gasteiger partial charge is 0.346 e. The minimum Gasteiger partial charge on any atom is -0.477 e. The Balaban J connectivity index is 2.79. The van der Waals surface area contributed by atoms with E-state index in [1.165, 1.54) is 33.6 Å². The van der Waals surface area contributed by atoms with E-state index in [4.69, 9.17) is 0 Å². The first-order valence-corrected chi connectivity index (χ1v) is 6.70. The van der Waals surface area contributed by atoms with Crippen LogP contribution in [-0.2, 0) is 0 Å². The molecule has 0 bridgehead atoms. The monoisotopic (exact) mass is 260 g/mol. The minimum atomic E-state index is -0.849. The van der Waals surface area contributed by atoms with Gasteiger partial charge in [-0.2, -0.15) is 0 Å². The molecule has 0 saturated heterocycles. The maximum absolute atomic E-state index is 11.3. The molecule has 2 aromatic rings. The Hall–Kier alpha value is -1.61. The van der Waals surface area contributed by atoms with E-state index in [0.717, 1.165) is 11.1 Å². The highest BCUT2D eigenvalue weighted by Crippen LogP contribution is 2.35. The maximum atomic E-state index is 11.3. The highest BCUT2D eigenvalue weighted by molar-refractivity contribution is 7.12. The first-order valence-electron chi connectivity index (χ1n) is 5.82. The summed E-state index contributed by atoms with van der Waals surface area (Å²) in [5.74, 6) is -0.849. The number of carbonyl (C=O) groups is 1. The first kappa shape index (κ1) is 12.8. The van der Waals surface area contributed by atoms with E-state index in [-0.39, 0.29) is 0 Å². The van der Waals surface area contributed by atoms with E-state index >= 15 is 0 Å². The Labute approximate surface area is 111 Å². The summed E-state index contributed by atoms with van der Waals surface area (Å²) in [6.07, 6.45) is 0. The number of carboxylic acids is 1. The van der Waals surface area contributed by atoms with Gasteiger partial charge in [-0.05, 0) is 67.0 Å². The van der Waals surface area contributed by atoms with Crippen LogP contribution in [0.5, 0.6) is 0 Å². The van der Waals surface area contributed by atoms with Gasteiger partial charge in [0.1, 0.15) is 4.88 Å². The molecular formula is C15H16O2S. The van der Waals surface area contributed by atoms with Gasteiger partial charge in [-0.25, -0.2) is 4.79 Å². The Morgan fingerprint density at radius 2 is 1.67 bits per heavy atom. The van der Waals surface area contributed by atoms with Crippen molar-refractivity contribution in [2.75, 3.05) is 0 Å². The van der Waals surface area contributed by atoms with Gasteiger partial charge in [-0.3, -0.25) is 0 Å². The fourth-order valence-electron chi connectivity index (χ4n) is 2.29. The van der Waals surface area contributed by atoms with Gasteiger partial charge in [0.05, 0.1) is 0 Å². The lowest BCUT2D eigenvalue weighted by atomic mass is 9.90. The summed E-state index contributed by atoms with van der Waals surface area (Å²) in [5.41, 5.74) is 6.66. The van der Waals surface area contributed by atoms with Crippen molar-refractivity contribution in [1.82, 2.24) is 0 Å². The van der Waals surface area contributed by atoms with Crippen LogP contribution >= 0.6 is 11.3 Å². The molecule has 2 nitrogen and oxygen atoms in total. The molecule has 0 amide bonds. The van der Waals surface area contributed by atoms with Gasteiger partial charge in [-0.15, -0.1) is 11.3 Å². The Morgan fingerprint density at radius 3 is 2.17 bits per heavy atom. The molecule has 0 radical (unpaired) electrons. The van der Waals surface area contributed by atoms with Gasteiger partial charge >= 0.3 is 5.97 Å². The molecule has 2 rings (SSSR count). The fourth-order valence-corrected chi connectivity index (χ4v) is 3.03. The molecule has 1 heterocycles. The van der Waals surface area contributed by atoms with E-state index in [0.29, 0.717) is 4.88 Å². The third-order valence-corrected chi connectivity index (χ3v) is 4.40. The molecule has 0 spiro atoms. The van der Waals surface area contributed by atoms with Crippen LogP contribution in [0.1, 0.15) is 31.9 Å². The topological polar surface area (TPSA) is 37.3 Å².